The third kappa shape index (κ3) is 3.47. The first kappa shape index (κ1) is 14.0. The van der Waals surface area contributed by atoms with Crippen molar-refractivity contribution in [1.29, 1.82) is 0 Å². The van der Waals surface area contributed by atoms with Crippen LogP contribution in [-0.2, 0) is 9.59 Å². The molecule has 0 bridgehead atoms. The number of nitrogens with zero attached hydrogens (tertiary/aromatic N) is 2. The molecule has 1 atom stereocenters. The second kappa shape index (κ2) is 6.04. The fraction of sp³-hybridized carbons (Fsp3) is 0.545. The average Bonchev–Trinajstić information content (AvgIpc) is 2.76. The first-order chi connectivity index (χ1) is 8.45. The molecule has 1 fully saturated rings. The Hall–Kier alpha value is -2.05. The maximum atomic E-state index is 12.0. The minimum Gasteiger partial charge on any atom is -0.480 e. The fourth-order valence-electron chi connectivity index (χ4n) is 1.90. The van der Waals surface area contributed by atoms with Crippen LogP contribution in [0.2, 0.25) is 0 Å². The maximum Gasteiger partial charge on any atom is 0.323 e. The highest BCUT2D eigenvalue weighted by molar-refractivity contribution is 5.82. The number of nitrogens with two attached hydrogens (primary N) is 1. The van der Waals surface area contributed by atoms with E-state index in [1.165, 1.54) is 15.9 Å². The highest BCUT2D eigenvalue weighted by atomic mass is 16.4. The van der Waals surface area contributed by atoms with Gasteiger partial charge in [0.15, 0.2) is 0 Å². The first-order valence-corrected chi connectivity index (χ1v) is 5.61. The van der Waals surface area contributed by atoms with Gasteiger partial charge in [-0.15, -0.1) is 6.58 Å². The summed E-state index contributed by atoms with van der Waals surface area (Å²) in [5.74, 6) is -1.86. The van der Waals surface area contributed by atoms with Crippen molar-refractivity contribution in [3.63, 3.8) is 0 Å². The number of primary amides is 1. The Morgan fingerprint density at radius 3 is 2.61 bits per heavy atom. The molecule has 0 spiro atoms. The van der Waals surface area contributed by atoms with Gasteiger partial charge < -0.3 is 20.6 Å². The molecular formula is C11H17N3O4. The summed E-state index contributed by atoms with van der Waals surface area (Å²) >= 11 is 0. The van der Waals surface area contributed by atoms with Gasteiger partial charge in [-0.3, -0.25) is 9.59 Å². The molecule has 0 aromatic rings. The quantitative estimate of drug-likeness (QED) is 0.645. The van der Waals surface area contributed by atoms with Crippen molar-refractivity contribution in [2.75, 3.05) is 26.2 Å². The zero-order valence-electron chi connectivity index (χ0n) is 10.0. The zero-order valence-corrected chi connectivity index (χ0v) is 10.0. The summed E-state index contributed by atoms with van der Waals surface area (Å²) in [5.41, 5.74) is 5.17. The van der Waals surface area contributed by atoms with Crippen LogP contribution in [0.3, 0.4) is 0 Å². The lowest BCUT2D eigenvalue weighted by Crippen LogP contribution is -2.45. The van der Waals surface area contributed by atoms with Gasteiger partial charge in [0.05, 0.1) is 5.92 Å². The van der Waals surface area contributed by atoms with E-state index in [0.29, 0.717) is 13.0 Å². The van der Waals surface area contributed by atoms with Gasteiger partial charge in [0.25, 0.3) is 0 Å². The fourth-order valence-corrected chi connectivity index (χ4v) is 1.90. The molecule has 0 aromatic carbocycles. The Morgan fingerprint density at radius 1 is 1.50 bits per heavy atom. The van der Waals surface area contributed by atoms with E-state index in [-0.39, 0.29) is 25.6 Å². The van der Waals surface area contributed by atoms with E-state index in [1.54, 1.807) is 0 Å². The highest BCUT2D eigenvalue weighted by Crippen LogP contribution is 2.17. The maximum absolute atomic E-state index is 12.0. The van der Waals surface area contributed by atoms with Crippen LogP contribution < -0.4 is 5.73 Å². The van der Waals surface area contributed by atoms with Crippen molar-refractivity contribution in [3.8, 4) is 0 Å². The number of carboxylic acid groups (broad SMARTS) is 1. The molecule has 100 valence electrons. The number of amides is 3. The molecular weight excluding hydrogens is 238 g/mol. The van der Waals surface area contributed by atoms with Crippen molar-refractivity contribution in [2.45, 2.75) is 6.42 Å². The molecule has 3 N–H and O–H groups in total. The van der Waals surface area contributed by atoms with Crippen molar-refractivity contribution in [3.05, 3.63) is 12.7 Å². The Morgan fingerprint density at radius 2 is 2.17 bits per heavy atom. The predicted octanol–water partition coefficient (Wildman–Crippen LogP) is -0.514. The molecule has 1 unspecified atom stereocenters. The van der Waals surface area contributed by atoms with Gasteiger partial charge in [0.2, 0.25) is 5.91 Å². The van der Waals surface area contributed by atoms with Crippen LogP contribution in [0.5, 0.6) is 0 Å². The van der Waals surface area contributed by atoms with Gasteiger partial charge in [0.1, 0.15) is 6.54 Å². The average molecular weight is 255 g/mol. The molecule has 1 aliphatic rings. The van der Waals surface area contributed by atoms with Gasteiger partial charge in [-0.1, -0.05) is 6.08 Å². The molecule has 1 rings (SSSR count). The van der Waals surface area contributed by atoms with E-state index in [1.807, 2.05) is 0 Å². The second-order valence-corrected chi connectivity index (χ2v) is 4.18. The van der Waals surface area contributed by atoms with Gasteiger partial charge in [-0.2, -0.15) is 0 Å². The Bertz CT molecular complexity index is 369. The Kier molecular flexibility index (Phi) is 4.70. The number of carbonyl (C=O) groups is 3. The van der Waals surface area contributed by atoms with Gasteiger partial charge >= 0.3 is 12.0 Å². The summed E-state index contributed by atoms with van der Waals surface area (Å²) in [4.78, 5) is 36.3. The smallest absolute Gasteiger partial charge is 0.323 e. The summed E-state index contributed by atoms with van der Waals surface area (Å²) in [6.45, 7) is 3.92. The second-order valence-electron chi connectivity index (χ2n) is 4.18. The summed E-state index contributed by atoms with van der Waals surface area (Å²) in [6, 6.07) is -0.402. The van der Waals surface area contributed by atoms with E-state index in [0.717, 1.165) is 0 Å². The van der Waals surface area contributed by atoms with Crippen LogP contribution in [0.25, 0.3) is 0 Å². The molecule has 0 aromatic heterocycles. The Labute approximate surface area is 105 Å². The molecule has 7 heteroatoms. The molecule has 1 saturated heterocycles. The van der Waals surface area contributed by atoms with E-state index < -0.39 is 17.9 Å². The summed E-state index contributed by atoms with van der Waals surface area (Å²) in [5, 5.41) is 8.72. The predicted molar refractivity (Wildman–Crippen MR) is 63.7 cm³/mol. The number of rotatable bonds is 5. The van der Waals surface area contributed by atoms with E-state index in [4.69, 9.17) is 10.8 Å². The molecule has 0 radical (unpaired) electrons. The summed E-state index contributed by atoms with van der Waals surface area (Å²) < 4.78 is 0. The van der Waals surface area contributed by atoms with Crippen LogP contribution in [0.1, 0.15) is 6.42 Å². The normalized spacial score (nSPS) is 18.4. The molecule has 3 amide bonds. The molecule has 18 heavy (non-hydrogen) atoms. The number of likely N-dealkylation sites (tertiary alicyclic amines) is 1. The number of carbonyl (C=O) groups excluding carboxylic acids is 2. The third-order valence-electron chi connectivity index (χ3n) is 2.81. The van der Waals surface area contributed by atoms with E-state index in [9.17, 15) is 14.4 Å². The van der Waals surface area contributed by atoms with Crippen LogP contribution >= 0.6 is 0 Å². The molecule has 1 heterocycles. The minimum atomic E-state index is -1.09. The zero-order chi connectivity index (χ0) is 13.7. The number of hydrogen-bond acceptors (Lipinski definition) is 3. The third-order valence-corrected chi connectivity index (χ3v) is 2.81. The standard InChI is InChI=1S/C11H17N3O4/c1-2-4-13(7-9(15)16)11(18)14-5-3-8(6-14)10(12)17/h2,8H,1,3-7H2,(H2,12,17)(H,15,16). The topological polar surface area (TPSA) is 104 Å². The molecule has 1 aliphatic heterocycles. The largest absolute Gasteiger partial charge is 0.480 e. The molecule has 7 nitrogen and oxygen atoms in total. The van der Waals surface area contributed by atoms with Crippen LogP contribution in [0.4, 0.5) is 4.79 Å². The molecule has 0 saturated carbocycles. The minimum absolute atomic E-state index is 0.156. The number of carboxylic acids is 1. The monoisotopic (exact) mass is 255 g/mol. The molecule has 0 aliphatic carbocycles. The van der Waals surface area contributed by atoms with Gasteiger partial charge in [-0.25, -0.2) is 4.79 Å². The summed E-state index contributed by atoms with van der Waals surface area (Å²) in [6.07, 6.45) is 1.98. The van der Waals surface area contributed by atoms with Gasteiger partial charge in [-0.05, 0) is 6.42 Å². The van der Waals surface area contributed by atoms with Crippen molar-refractivity contribution >= 4 is 17.9 Å². The van der Waals surface area contributed by atoms with Crippen LogP contribution in [-0.4, -0.2) is 59.0 Å². The number of hydrogen-bond donors (Lipinski definition) is 2. The van der Waals surface area contributed by atoms with E-state index in [2.05, 4.69) is 6.58 Å². The number of urea groups is 1. The lowest BCUT2D eigenvalue weighted by Gasteiger charge is -2.25. The first-order valence-electron chi connectivity index (χ1n) is 5.61. The number of aliphatic carboxylic acids is 1. The van der Waals surface area contributed by atoms with Crippen LogP contribution in [0, 0.1) is 5.92 Å². The summed E-state index contributed by atoms with van der Waals surface area (Å²) in [7, 11) is 0. The van der Waals surface area contributed by atoms with Crippen molar-refractivity contribution in [2.24, 2.45) is 11.7 Å². The highest BCUT2D eigenvalue weighted by Gasteiger charge is 2.32. The SMILES string of the molecule is C=CCN(CC(=O)O)C(=O)N1CCC(C(N)=O)C1. The van der Waals surface area contributed by atoms with Gasteiger partial charge in [0, 0.05) is 19.6 Å². The van der Waals surface area contributed by atoms with Crippen LogP contribution in [0.15, 0.2) is 12.7 Å². The van der Waals surface area contributed by atoms with Crippen molar-refractivity contribution < 1.29 is 19.5 Å². The van der Waals surface area contributed by atoms with E-state index >= 15 is 0 Å². The lowest BCUT2D eigenvalue weighted by molar-refractivity contribution is -0.137. The Balaban J connectivity index is 2.63. The van der Waals surface area contributed by atoms with Crippen molar-refractivity contribution in [1.82, 2.24) is 9.80 Å². The lowest BCUT2D eigenvalue weighted by atomic mass is 10.1.